The van der Waals surface area contributed by atoms with Gasteiger partial charge in [-0.15, -0.1) is 0 Å². The standard InChI is InChI=1S/C16H14N2O/c1-11-7-8-17-16(9-11)15-5-3-12-10-13(19-2)4-6-14(12)18-15/h3-10H,1-2H3. The van der Waals surface area contributed by atoms with Gasteiger partial charge in [-0.3, -0.25) is 4.98 Å². The topological polar surface area (TPSA) is 35.0 Å². The van der Waals surface area contributed by atoms with Crippen molar-refractivity contribution in [1.29, 1.82) is 0 Å². The van der Waals surface area contributed by atoms with Gasteiger partial charge in [0.05, 0.1) is 24.0 Å². The Hall–Kier alpha value is -2.42. The molecule has 2 heterocycles. The Morgan fingerprint density at radius 1 is 0.947 bits per heavy atom. The molecule has 94 valence electrons. The van der Waals surface area contributed by atoms with Crippen LogP contribution in [0.2, 0.25) is 0 Å². The summed E-state index contributed by atoms with van der Waals surface area (Å²) >= 11 is 0. The van der Waals surface area contributed by atoms with E-state index in [9.17, 15) is 0 Å². The highest BCUT2D eigenvalue weighted by atomic mass is 16.5. The lowest BCUT2D eigenvalue weighted by Crippen LogP contribution is -1.89. The molecular weight excluding hydrogens is 236 g/mol. The lowest BCUT2D eigenvalue weighted by molar-refractivity contribution is 0.415. The van der Waals surface area contributed by atoms with E-state index in [0.717, 1.165) is 28.0 Å². The molecule has 0 radical (unpaired) electrons. The van der Waals surface area contributed by atoms with Gasteiger partial charge in [0.25, 0.3) is 0 Å². The molecule has 3 heteroatoms. The van der Waals surface area contributed by atoms with Crippen molar-refractivity contribution in [3.63, 3.8) is 0 Å². The van der Waals surface area contributed by atoms with Crippen LogP contribution < -0.4 is 4.74 Å². The van der Waals surface area contributed by atoms with Gasteiger partial charge in [0.2, 0.25) is 0 Å². The van der Waals surface area contributed by atoms with Gasteiger partial charge < -0.3 is 4.74 Å². The van der Waals surface area contributed by atoms with Crippen LogP contribution in [-0.2, 0) is 0 Å². The fourth-order valence-corrected chi connectivity index (χ4v) is 2.05. The molecule has 0 amide bonds. The second-order valence-corrected chi connectivity index (χ2v) is 4.47. The maximum Gasteiger partial charge on any atom is 0.119 e. The highest BCUT2D eigenvalue weighted by Gasteiger charge is 2.04. The minimum absolute atomic E-state index is 0.843. The van der Waals surface area contributed by atoms with Gasteiger partial charge in [0.15, 0.2) is 0 Å². The molecule has 0 unspecified atom stereocenters. The second kappa shape index (κ2) is 4.69. The Balaban J connectivity index is 2.11. The van der Waals surface area contributed by atoms with E-state index in [-0.39, 0.29) is 0 Å². The molecule has 0 fully saturated rings. The second-order valence-electron chi connectivity index (χ2n) is 4.47. The number of hydrogen-bond donors (Lipinski definition) is 0. The van der Waals surface area contributed by atoms with Gasteiger partial charge in [-0.2, -0.15) is 0 Å². The molecule has 0 bridgehead atoms. The van der Waals surface area contributed by atoms with Crippen molar-refractivity contribution < 1.29 is 4.74 Å². The summed E-state index contributed by atoms with van der Waals surface area (Å²) in [5.41, 5.74) is 3.92. The number of rotatable bonds is 2. The molecule has 3 rings (SSSR count). The number of aryl methyl sites for hydroxylation is 1. The first-order valence-electron chi connectivity index (χ1n) is 6.14. The quantitative estimate of drug-likeness (QED) is 0.696. The van der Waals surface area contributed by atoms with Crippen molar-refractivity contribution in [2.45, 2.75) is 6.92 Å². The summed E-state index contributed by atoms with van der Waals surface area (Å²) in [7, 11) is 1.67. The van der Waals surface area contributed by atoms with Crippen LogP contribution in [0.25, 0.3) is 22.3 Å². The van der Waals surface area contributed by atoms with E-state index in [1.165, 1.54) is 5.56 Å². The summed E-state index contributed by atoms with van der Waals surface area (Å²) in [6.07, 6.45) is 1.81. The molecule has 0 aliphatic rings. The molecule has 0 aliphatic heterocycles. The first-order chi connectivity index (χ1) is 9.26. The smallest absolute Gasteiger partial charge is 0.119 e. The predicted octanol–water partition coefficient (Wildman–Crippen LogP) is 3.61. The van der Waals surface area contributed by atoms with Crippen LogP contribution in [0.5, 0.6) is 5.75 Å². The van der Waals surface area contributed by atoms with Crippen molar-refractivity contribution in [2.75, 3.05) is 7.11 Å². The molecule has 19 heavy (non-hydrogen) atoms. The predicted molar refractivity (Wildman–Crippen MR) is 76.3 cm³/mol. The molecule has 3 nitrogen and oxygen atoms in total. The van der Waals surface area contributed by atoms with Crippen molar-refractivity contribution in [3.8, 4) is 17.1 Å². The van der Waals surface area contributed by atoms with E-state index in [4.69, 9.17) is 4.74 Å². The summed E-state index contributed by atoms with van der Waals surface area (Å²) in [5, 5.41) is 1.07. The van der Waals surface area contributed by atoms with Crippen molar-refractivity contribution in [2.24, 2.45) is 0 Å². The molecule has 0 N–H and O–H groups in total. The number of fused-ring (bicyclic) bond motifs is 1. The van der Waals surface area contributed by atoms with Gasteiger partial charge >= 0.3 is 0 Å². The molecule has 0 aliphatic carbocycles. The lowest BCUT2D eigenvalue weighted by atomic mass is 10.1. The first kappa shape index (κ1) is 11.7. The lowest BCUT2D eigenvalue weighted by Gasteiger charge is -2.05. The fraction of sp³-hybridized carbons (Fsp3) is 0.125. The highest BCUT2D eigenvalue weighted by Crippen LogP contribution is 2.23. The van der Waals surface area contributed by atoms with Crippen LogP contribution in [0, 0.1) is 6.92 Å². The van der Waals surface area contributed by atoms with Crippen LogP contribution in [0.4, 0.5) is 0 Å². The Bertz CT molecular complexity index is 738. The van der Waals surface area contributed by atoms with E-state index >= 15 is 0 Å². The van der Waals surface area contributed by atoms with Crippen LogP contribution in [0.3, 0.4) is 0 Å². The largest absolute Gasteiger partial charge is 0.497 e. The van der Waals surface area contributed by atoms with Crippen LogP contribution in [0.15, 0.2) is 48.7 Å². The summed E-state index contributed by atoms with van der Waals surface area (Å²) < 4.78 is 5.21. The minimum atomic E-state index is 0.843. The molecule has 2 aromatic heterocycles. The zero-order valence-corrected chi connectivity index (χ0v) is 10.9. The SMILES string of the molecule is COc1ccc2nc(-c3cc(C)ccn3)ccc2c1. The van der Waals surface area contributed by atoms with Crippen LogP contribution >= 0.6 is 0 Å². The number of methoxy groups -OCH3 is 1. The zero-order valence-electron chi connectivity index (χ0n) is 10.9. The number of hydrogen-bond acceptors (Lipinski definition) is 3. The molecule has 0 atom stereocenters. The average Bonchev–Trinajstić information content (AvgIpc) is 2.46. The zero-order chi connectivity index (χ0) is 13.2. The number of ether oxygens (including phenoxy) is 1. The third kappa shape index (κ3) is 2.27. The maximum absolute atomic E-state index is 5.21. The summed E-state index contributed by atoms with van der Waals surface area (Å²) in [5.74, 6) is 0.843. The Kier molecular flexibility index (Phi) is 2.88. The molecule has 0 spiro atoms. The number of pyridine rings is 2. The van der Waals surface area contributed by atoms with E-state index in [2.05, 4.69) is 16.9 Å². The van der Waals surface area contributed by atoms with Crippen molar-refractivity contribution >= 4 is 10.9 Å². The number of benzene rings is 1. The molecule has 1 aromatic carbocycles. The Morgan fingerprint density at radius 3 is 2.63 bits per heavy atom. The summed E-state index contributed by atoms with van der Waals surface area (Å²) in [6, 6.07) is 13.9. The van der Waals surface area contributed by atoms with E-state index in [0.29, 0.717) is 0 Å². The van der Waals surface area contributed by atoms with Gasteiger partial charge in [-0.05, 0) is 48.9 Å². The first-order valence-corrected chi connectivity index (χ1v) is 6.14. The molecule has 0 saturated carbocycles. The van der Waals surface area contributed by atoms with Crippen LogP contribution in [0.1, 0.15) is 5.56 Å². The summed E-state index contributed by atoms with van der Waals surface area (Å²) in [4.78, 5) is 9.01. The third-order valence-corrected chi connectivity index (χ3v) is 3.07. The van der Waals surface area contributed by atoms with Gasteiger partial charge in [0, 0.05) is 11.6 Å². The van der Waals surface area contributed by atoms with E-state index in [1.807, 2.05) is 48.7 Å². The monoisotopic (exact) mass is 250 g/mol. The minimum Gasteiger partial charge on any atom is -0.497 e. The van der Waals surface area contributed by atoms with Crippen LogP contribution in [-0.4, -0.2) is 17.1 Å². The van der Waals surface area contributed by atoms with Gasteiger partial charge in [-0.25, -0.2) is 4.98 Å². The molecule has 3 aromatic rings. The Labute approximate surface area is 111 Å². The van der Waals surface area contributed by atoms with Gasteiger partial charge in [-0.1, -0.05) is 6.07 Å². The van der Waals surface area contributed by atoms with E-state index in [1.54, 1.807) is 7.11 Å². The fourth-order valence-electron chi connectivity index (χ4n) is 2.05. The Morgan fingerprint density at radius 2 is 1.84 bits per heavy atom. The van der Waals surface area contributed by atoms with Gasteiger partial charge in [0.1, 0.15) is 5.75 Å². The number of nitrogens with zero attached hydrogens (tertiary/aromatic N) is 2. The van der Waals surface area contributed by atoms with E-state index < -0.39 is 0 Å². The highest BCUT2D eigenvalue weighted by molar-refractivity contribution is 5.82. The average molecular weight is 250 g/mol. The van der Waals surface area contributed by atoms with Crippen molar-refractivity contribution in [1.82, 2.24) is 9.97 Å². The molecule has 0 saturated heterocycles. The molecular formula is C16H14N2O. The third-order valence-electron chi connectivity index (χ3n) is 3.07. The normalized spacial score (nSPS) is 10.6. The number of aromatic nitrogens is 2. The summed E-state index contributed by atoms with van der Waals surface area (Å²) in [6.45, 7) is 2.05. The maximum atomic E-state index is 5.21. The van der Waals surface area contributed by atoms with Crippen molar-refractivity contribution in [3.05, 3.63) is 54.2 Å².